The van der Waals surface area contributed by atoms with Crippen molar-refractivity contribution in [3.8, 4) is 11.5 Å². The van der Waals surface area contributed by atoms with Crippen LogP contribution in [0.25, 0.3) is 10.9 Å². The number of nitrogens with one attached hydrogen (secondary N) is 2. The summed E-state index contributed by atoms with van der Waals surface area (Å²) in [6.45, 7) is 1.89. The molecule has 0 spiro atoms. The number of benzene rings is 2. The van der Waals surface area contributed by atoms with E-state index in [4.69, 9.17) is 9.47 Å². The van der Waals surface area contributed by atoms with Gasteiger partial charge in [-0.3, -0.25) is 9.59 Å². The number of para-hydroxylation sites is 1. The Morgan fingerprint density at radius 1 is 1.18 bits per heavy atom. The van der Waals surface area contributed by atoms with E-state index >= 15 is 0 Å². The maximum Gasteiger partial charge on any atom is 0.258 e. The zero-order valence-electron chi connectivity index (χ0n) is 16.1. The highest BCUT2D eigenvalue weighted by molar-refractivity contribution is 5.78. The normalized spacial score (nSPS) is 11.8. The zero-order valence-corrected chi connectivity index (χ0v) is 16.1. The first-order chi connectivity index (χ1) is 13.5. The molecule has 146 valence electrons. The molecule has 3 rings (SSSR count). The van der Waals surface area contributed by atoms with Gasteiger partial charge in [0.15, 0.2) is 0 Å². The largest absolute Gasteiger partial charge is 0.497 e. The van der Waals surface area contributed by atoms with E-state index in [-0.39, 0.29) is 23.9 Å². The van der Waals surface area contributed by atoms with Gasteiger partial charge >= 0.3 is 0 Å². The van der Waals surface area contributed by atoms with Crippen LogP contribution in [0.15, 0.2) is 47.3 Å². The molecule has 0 bridgehead atoms. The first-order valence-electron chi connectivity index (χ1n) is 9.01. The highest BCUT2D eigenvalue weighted by atomic mass is 16.5. The van der Waals surface area contributed by atoms with Crippen molar-refractivity contribution in [1.82, 2.24) is 15.3 Å². The Hall–Kier alpha value is -3.35. The Balaban J connectivity index is 1.65. The standard InChI is InChI=1S/C21H23N3O4/c1-13(15-9-8-14(27-2)12-18(15)28-3)22-20(25)11-10-19-23-17-7-5-4-6-16(17)21(26)24-19/h4-9,12-13H,10-11H2,1-3H3,(H,22,25)(H,23,24,26). The molecule has 0 aliphatic carbocycles. The number of aromatic amines is 1. The Kier molecular flexibility index (Phi) is 5.93. The summed E-state index contributed by atoms with van der Waals surface area (Å²) in [7, 11) is 3.17. The average molecular weight is 381 g/mol. The van der Waals surface area contributed by atoms with Gasteiger partial charge in [0.1, 0.15) is 17.3 Å². The molecule has 2 N–H and O–H groups in total. The summed E-state index contributed by atoms with van der Waals surface area (Å²) in [4.78, 5) is 31.6. The molecule has 0 aliphatic rings. The van der Waals surface area contributed by atoms with Crippen molar-refractivity contribution >= 4 is 16.8 Å². The number of amides is 1. The number of ether oxygens (including phenoxy) is 2. The van der Waals surface area contributed by atoms with Gasteiger partial charge in [0, 0.05) is 24.5 Å². The van der Waals surface area contributed by atoms with Gasteiger partial charge in [0.25, 0.3) is 5.56 Å². The van der Waals surface area contributed by atoms with Crippen LogP contribution in [0.3, 0.4) is 0 Å². The molecule has 1 aromatic heterocycles. The minimum atomic E-state index is -0.239. The third-order valence-electron chi connectivity index (χ3n) is 4.54. The first-order valence-corrected chi connectivity index (χ1v) is 9.01. The van der Waals surface area contributed by atoms with E-state index in [0.717, 1.165) is 5.56 Å². The Morgan fingerprint density at radius 3 is 2.71 bits per heavy atom. The number of methoxy groups -OCH3 is 2. The number of hydrogen-bond acceptors (Lipinski definition) is 5. The Morgan fingerprint density at radius 2 is 1.96 bits per heavy atom. The zero-order chi connectivity index (χ0) is 20.1. The number of carbonyl (C=O) groups excluding carboxylic acids is 1. The second kappa shape index (κ2) is 8.56. The summed E-state index contributed by atoms with van der Waals surface area (Å²) in [6.07, 6.45) is 0.558. The van der Waals surface area contributed by atoms with E-state index in [1.54, 1.807) is 38.5 Å². The summed E-state index contributed by atoms with van der Waals surface area (Å²) < 4.78 is 10.6. The molecule has 0 aliphatic heterocycles. The fourth-order valence-electron chi connectivity index (χ4n) is 3.05. The minimum absolute atomic E-state index is 0.138. The smallest absolute Gasteiger partial charge is 0.258 e. The van der Waals surface area contributed by atoms with E-state index in [2.05, 4.69) is 15.3 Å². The number of rotatable bonds is 7. The second-order valence-corrected chi connectivity index (χ2v) is 6.43. The summed E-state index contributed by atoms with van der Waals surface area (Å²) in [5.74, 6) is 1.69. The molecule has 0 saturated carbocycles. The van der Waals surface area contributed by atoms with Crippen LogP contribution in [0.4, 0.5) is 0 Å². The molecule has 7 heteroatoms. The average Bonchev–Trinajstić information content (AvgIpc) is 2.71. The predicted octanol–water partition coefficient (Wildman–Crippen LogP) is 2.75. The van der Waals surface area contributed by atoms with Crippen molar-refractivity contribution in [1.29, 1.82) is 0 Å². The lowest BCUT2D eigenvalue weighted by atomic mass is 10.1. The van der Waals surface area contributed by atoms with E-state index in [1.807, 2.05) is 25.1 Å². The van der Waals surface area contributed by atoms with Crippen LogP contribution in [0.1, 0.15) is 30.8 Å². The molecular formula is C21H23N3O4. The number of fused-ring (bicyclic) bond motifs is 1. The van der Waals surface area contributed by atoms with Crippen LogP contribution in [0.5, 0.6) is 11.5 Å². The van der Waals surface area contributed by atoms with Crippen molar-refractivity contribution in [3.63, 3.8) is 0 Å². The molecule has 0 fully saturated rings. The van der Waals surface area contributed by atoms with Crippen molar-refractivity contribution < 1.29 is 14.3 Å². The molecule has 3 aromatic rings. The fourth-order valence-corrected chi connectivity index (χ4v) is 3.05. The lowest BCUT2D eigenvalue weighted by Crippen LogP contribution is -2.27. The van der Waals surface area contributed by atoms with E-state index in [1.165, 1.54) is 0 Å². The number of carbonyl (C=O) groups is 1. The van der Waals surface area contributed by atoms with E-state index < -0.39 is 0 Å². The second-order valence-electron chi connectivity index (χ2n) is 6.43. The van der Waals surface area contributed by atoms with Gasteiger partial charge in [-0.2, -0.15) is 0 Å². The lowest BCUT2D eigenvalue weighted by Gasteiger charge is -2.18. The summed E-state index contributed by atoms with van der Waals surface area (Å²) >= 11 is 0. The third kappa shape index (κ3) is 4.31. The highest BCUT2D eigenvalue weighted by Crippen LogP contribution is 2.29. The molecule has 0 saturated heterocycles. The van der Waals surface area contributed by atoms with Crippen LogP contribution in [-0.4, -0.2) is 30.1 Å². The number of aromatic nitrogens is 2. The Bertz CT molecular complexity index is 1050. The highest BCUT2D eigenvalue weighted by Gasteiger charge is 2.15. The van der Waals surface area contributed by atoms with E-state index in [9.17, 15) is 9.59 Å². The molecule has 0 radical (unpaired) electrons. The van der Waals surface area contributed by atoms with Gasteiger partial charge in [-0.1, -0.05) is 12.1 Å². The Labute approximate surface area is 162 Å². The lowest BCUT2D eigenvalue weighted by molar-refractivity contribution is -0.121. The summed E-state index contributed by atoms with van der Waals surface area (Å²) in [5.41, 5.74) is 1.28. The summed E-state index contributed by atoms with van der Waals surface area (Å²) in [5, 5.41) is 3.49. The molecule has 1 amide bonds. The number of nitrogens with zero attached hydrogens (tertiary/aromatic N) is 1. The maximum atomic E-state index is 12.4. The van der Waals surface area contributed by atoms with E-state index in [0.29, 0.717) is 34.6 Å². The monoisotopic (exact) mass is 381 g/mol. The van der Waals surface area contributed by atoms with Crippen LogP contribution >= 0.6 is 0 Å². The van der Waals surface area contributed by atoms with Crippen molar-refractivity contribution in [2.24, 2.45) is 0 Å². The molecule has 1 atom stereocenters. The maximum absolute atomic E-state index is 12.4. The molecule has 1 heterocycles. The topological polar surface area (TPSA) is 93.3 Å². The molecule has 1 unspecified atom stereocenters. The van der Waals surface area contributed by atoms with Crippen molar-refractivity contribution in [2.45, 2.75) is 25.8 Å². The van der Waals surface area contributed by atoms with Gasteiger partial charge in [0.05, 0.1) is 31.2 Å². The minimum Gasteiger partial charge on any atom is -0.497 e. The first kappa shape index (κ1) is 19.4. The van der Waals surface area contributed by atoms with Crippen LogP contribution in [0, 0.1) is 0 Å². The number of aryl methyl sites for hydroxylation is 1. The molecule has 28 heavy (non-hydrogen) atoms. The third-order valence-corrected chi connectivity index (χ3v) is 4.54. The van der Waals surface area contributed by atoms with Gasteiger partial charge in [-0.25, -0.2) is 4.98 Å². The van der Waals surface area contributed by atoms with Crippen molar-refractivity contribution in [3.05, 3.63) is 64.2 Å². The van der Waals surface area contributed by atoms with Gasteiger partial charge in [-0.05, 0) is 31.2 Å². The van der Waals surface area contributed by atoms with Crippen LogP contribution < -0.4 is 20.3 Å². The van der Waals surface area contributed by atoms with Crippen LogP contribution in [0.2, 0.25) is 0 Å². The van der Waals surface area contributed by atoms with Gasteiger partial charge in [0.2, 0.25) is 5.91 Å². The SMILES string of the molecule is COc1ccc(C(C)NC(=O)CCc2nc3ccccc3c(=O)[nH]2)c(OC)c1. The summed E-state index contributed by atoms with van der Waals surface area (Å²) in [6, 6.07) is 12.4. The van der Waals surface area contributed by atoms with Crippen LogP contribution in [-0.2, 0) is 11.2 Å². The number of hydrogen-bond donors (Lipinski definition) is 2. The quantitative estimate of drug-likeness (QED) is 0.656. The van der Waals surface area contributed by atoms with Gasteiger partial charge < -0.3 is 19.8 Å². The molecular weight excluding hydrogens is 358 g/mol. The fraction of sp³-hybridized carbons (Fsp3) is 0.286. The van der Waals surface area contributed by atoms with Crippen molar-refractivity contribution in [2.75, 3.05) is 14.2 Å². The van der Waals surface area contributed by atoms with Gasteiger partial charge in [-0.15, -0.1) is 0 Å². The number of H-pyrrole nitrogens is 1. The molecule has 2 aromatic carbocycles. The molecule has 7 nitrogen and oxygen atoms in total. The predicted molar refractivity (Wildman–Crippen MR) is 107 cm³/mol.